The van der Waals surface area contributed by atoms with Crippen LogP contribution in [0, 0.1) is 0 Å². The van der Waals surface area contributed by atoms with Crippen LogP contribution in [0.3, 0.4) is 0 Å². The summed E-state index contributed by atoms with van der Waals surface area (Å²) >= 11 is 1.41. The summed E-state index contributed by atoms with van der Waals surface area (Å²) in [6.07, 6.45) is 0. The van der Waals surface area contributed by atoms with E-state index in [0.717, 1.165) is 43.2 Å². The number of hydrogen-bond donors (Lipinski definition) is 2. The van der Waals surface area contributed by atoms with Crippen LogP contribution in [-0.2, 0) is 24.4 Å². The van der Waals surface area contributed by atoms with Crippen molar-refractivity contribution in [2.24, 2.45) is 0 Å². The maximum atomic E-state index is 12.4. The molecule has 0 spiro atoms. The monoisotopic (exact) mass is 400 g/mol. The van der Waals surface area contributed by atoms with Crippen molar-refractivity contribution >= 4 is 23.2 Å². The molecule has 1 aliphatic heterocycles. The number of piperazine rings is 1. The van der Waals surface area contributed by atoms with Crippen LogP contribution in [0.5, 0.6) is 0 Å². The highest BCUT2D eigenvalue weighted by Gasteiger charge is 2.14. The Morgan fingerprint density at radius 3 is 2.50 bits per heavy atom. The van der Waals surface area contributed by atoms with Gasteiger partial charge in [-0.15, -0.1) is 11.3 Å². The molecule has 28 heavy (non-hydrogen) atoms. The standard InChI is InChI=1S/C21H28N4O2S/c1-16(26)22-14-19-6-7-20(28-19)21(27)23-13-17-4-3-5-18(12-17)15-25-10-8-24(2)9-11-25/h3-7,12H,8-11,13-15H2,1-2H3,(H,22,26)(H,23,27). The smallest absolute Gasteiger partial charge is 0.261 e. The first kappa shape index (κ1) is 20.5. The van der Waals surface area contributed by atoms with Gasteiger partial charge >= 0.3 is 0 Å². The van der Waals surface area contributed by atoms with Gasteiger partial charge in [-0.05, 0) is 30.3 Å². The van der Waals surface area contributed by atoms with E-state index in [1.54, 1.807) is 6.07 Å². The molecule has 2 heterocycles. The second-order valence-electron chi connectivity index (χ2n) is 7.26. The van der Waals surface area contributed by atoms with E-state index in [4.69, 9.17) is 0 Å². The van der Waals surface area contributed by atoms with Gasteiger partial charge in [0.1, 0.15) is 0 Å². The van der Waals surface area contributed by atoms with Crippen molar-refractivity contribution in [1.29, 1.82) is 0 Å². The second kappa shape index (κ2) is 9.82. The molecule has 1 fully saturated rings. The minimum Gasteiger partial charge on any atom is -0.351 e. The van der Waals surface area contributed by atoms with E-state index in [1.807, 2.05) is 12.1 Å². The number of carbonyl (C=O) groups is 2. The molecule has 1 aromatic heterocycles. The van der Waals surface area contributed by atoms with Crippen molar-refractivity contribution in [3.05, 3.63) is 57.3 Å². The highest BCUT2D eigenvalue weighted by Crippen LogP contribution is 2.17. The predicted octanol–water partition coefficient (Wildman–Crippen LogP) is 2.06. The normalized spacial score (nSPS) is 15.4. The number of rotatable bonds is 7. The molecular formula is C21H28N4O2S. The zero-order valence-electron chi connectivity index (χ0n) is 16.5. The summed E-state index contributed by atoms with van der Waals surface area (Å²) in [5, 5.41) is 5.74. The minimum atomic E-state index is -0.0801. The van der Waals surface area contributed by atoms with Crippen molar-refractivity contribution in [2.75, 3.05) is 33.2 Å². The third kappa shape index (κ3) is 6.15. The quantitative estimate of drug-likeness (QED) is 0.747. The molecule has 7 heteroatoms. The van der Waals surface area contributed by atoms with E-state index in [-0.39, 0.29) is 11.8 Å². The van der Waals surface area contributed by atoms with E-state index in [0.29, 0.717) is 18.0 Å². The number of carbonyl (C=O) groups excluding carboxylic acids is 2. The van der Waals surface area contributed by atoms with Crippen molar-refractivity contribution in [1.82, 2.24) is 20.4 Å². The van der Waals surface area contributed by atoms with Crippen molar-refractivity contribution in [3.63, 3.8) is 0 Å². The van der Waals surface area contributed by atoms with Crippen molar-refractivity contribution < 1.29 is 9.59 Å². The highest BCUT2D eigenvalue weighted by atomic mass is 32.1. The van der Waals surface area contributed by atoms with Crippen LogP contribution in [0.2, 0.25) is 0 Å². The molecule has 2 amide bonds. The van der Waals surface area contributed by atoms with Crippen LogP contribution in [0.15, 0.2) is 36.4 Å². The van der Waals surface area contributed by atoms with Gasteiger partial charge in [-0.25, -0.2) is 0 Å². The van der Waals surface area contributed by atoms with Crippen molar-refractivity contribution in [2.45, 2.75) is 26.6 Å². The first-order chi connectivity index (χ1) is 13.5. The molecule has 1 saturated heterocycles. The number of likely N-dealkylation sites (N-methyl/N-ethyl adjacent to an activating group) is 1. The lowest BCUT2D eigenvalue weighted by atomic mass is 10.1. The van der Waals surface area contributed by atoms with E-state index in [1.165, 1.54) is 23.8 Å². The molecule has 1 aromatic carbocycles. The average molecular weight is 401 g/mol. The Morgan fingerprint density at radius 1 is 1.00 bits per heavy atom. The van der Waals surface area contributed by atoms with Gasteiger partial charge in [0.15, 0.2) is 0 Å². The fraction of sp³-hybridized carbons (Fsp3) is 0.429. The van der Waals surface area contributed by atoms with Gasteiger partial charge < -0.3 is 15.5 Å². The Balaban J connectivity index is 1.50. The molecular weight excluding hydrogens is 372 g/mol. The SMILES string of the molecule is CC(=O)NCc1ccc(C(=O)NCc2cccc(CN3CCN(C)CC3)c2)s1. The molecule has 6 nitrogen and oxygen atoms in total. The molecule has 2 aromatic rings. The highest BCUT2D eigenvalue weighted by molar-refractivity contribution is 7.14. The summed E-state index contributed by atoms with van der Waals surface area (Å²) in [6.45, 7) is 7.82. The Morgan fingerprint density at radius 2 is 1.75 bits per heavy atom. The first-order valence-corrected chi connectivity index (χ1v) is 10.4. The van der Waals surface area contributed by atoms with Crippen molar-refractivity contribution in [3.8, 4) is 0 Å². The van der Waals surface area contributed by atoms with Crippen LogP contribution in [-0.4, -0.2) is 54.8 Å². The molecule has 0 radical (unpaired) electrons. The lowest BCUT2D eigenvalue weighted by Crippen LogP contribution is -2.43. The lowest BCUT2D eigenvalue weighted by Gasteiger charge is -2.32. The lowest BCUT2D eigenvalue weighted by molar-refractivity contribution is -0.119. The Kier molecular flexibility index (Phi) is 7.19. The fourth-order valence-corrected chi connectivity index (χ4v) is 4.04. The minimum absolute atomic E-state index is 0.0733. The van der Waals surface area contributed by atoms with E-state index < -0.39 is 0 Å². The summed E-state index contributed by atoms with van der Waals surface area (Å²) in [5.74, 6) is -0.153. The molecule has 150 valence electrons. The number of nitrogens with zero attached hydrogens (tertiary/aromatic N) is 2. The molecule has 0 saturated carbocycles. The van der Waals surface area contributed by atoms with Gasteiger partial charge in [-0.2, -0.15) is 0 Å². The Bertz CT molecular complexity index is 812. The second-order valence-corrected chi connectivity index (χ2v) is 8.43. The Hall–Kier alpha value is -2.22. The summed E-state index contributed by atoms with van der Waals surface area (Å²) in [5.41, 5.74) is 2.39. The van der Waals surface area contributed by atoms with Crippen LogP contribution in [0.4, 0.5) is 0 Å². The maximum Gasteiger partial charge on any atom is 0.261 e. The zero-order valence-corrected chi connectivity index (χ0v) is 17.3. The van der Waals surface area contributed by atoms with Crippen LogP contribution < -0.4 is 10.6 Å². The molecule has 0 bridgehead atoms. The molecule has 3 rings (SSSR count). The summed E-state index contributed by atoms with van der Waals surface area (Å²) in [7, 11) is 2.16. The van der Waals surface area contributed by atoms with Crippen LogP contribution in [0.1, 0.15) is 32.6 Å². The average Bonchev–Trinajstić information content (AvgIpc) is 3.16. The van der Waals surface area contributed by atoms with Gasteiger partial charge in [0.2, 0.25) is 5.91 Å². The molecule has 1 aliphatic rings. The predicted molar refractivity (Wildman–Crippen MR) is 112 cm³/mol. The van der Waals surface area contributed by atoms with Gasteiger partial charge in [-0.1, -0.05) is 24.3 Å². The Labute approximate surface area is 170 Å². The number of hydrogen-bond acceptors (Lipinski definition) is 5. The third-order valence-corrected chi connectivity index (χ3v) is 5.93. The van der Waals surface area contributed by atoms with E-state index in [9.17, 15) is 9.59 Å². The first-order valence-electron chi connectivity index (χ1n) is 9.59. The van der Waals surface area contributed by atoms with Crippen LogP contribution >= 0.6 is 11.3 Å². The van der Waals surface area contributed by atoms with Gasteiger partial charge in [0.05, 0.1) is 11.4 Å². The number of nitrogens with one attached hydrogen (secondary N) is 2. The molecule has 0 aliphatic carbocycles. The number of benzene rings is 1. The van der Waals surface area contributed by atoms with E-state index in [2.05, 4.69) is 45.7 Å². The van der Waals surface area contributed by atoms with Crippen LogP contribution in [0.25, 0.3) is 0 Å². The van der Waals surface area contributed by atoms with Gasteiger partial charge in [-0.3, -0.25) is 14.5 Å². The summed E-state index contributed by atoms with van der Waals surface area (Å²) in [6, 6.07) is 12.1. The largest absolute Gasteiger partial charge is 0.351 e. The van der Waals surface area contributed by atoms with E-state index >= 15 is 0 Å². The fourth-order valence-electron chi connectivity index (χ4n) is 3.18. The third-order valence-electron chi connectivity index (χ3n) is 4.84. The topological polar surface area (TPSA) is 64.7 Å². The summed E-state index contributed by atoms with van der Waals surface area (Å²) in [4.78, 5) is 29.9. The number of thiophene rings is 1. The number of amides is 2. The van der Waals surface area contributed by atoms with Gasteiger partial charge in [0, 0.05) is 51.1 Å². The molecule has 0 unspecified atom stereocenters. The summed E-state index contributed by atoms with van der Waals surface area (Å²) < 4.78 is 0. The zero-order chi connectivity index (χ0) is 19.9. The molecule has 2 N–H and O–H groups in total. The molecule has 0 atom stereocenters. The maximum absolute atomic E-state index is 12.4. The van der Waals surface area contributed by atoms with Gasteiger partial charge in [0.25, 0.3) is 5.91 Å².